The summed E-state index contributed by atoms with van der Waals surface area (Å²) in [5.74, 6) is -2.16. The smallest absolute Gasteiger partial charge is 0.342 e. The second kappa shape index (κ2) is 6.24. The zero-order valence-electron chi connectivity index (χ0n) is 11.1. The number of rotatable bonds is 4. The Kier molecular flexibility index (Phi) is 4.39. The largest absolute Gasteiger partial charge is 0.477 e. The van der Waals surface area contributed by atoms with Crippen LogP contribution in [0.15, 0.2) is 42.5 Å². The molecule has 2 rings (SSSR count). The Hall–Kier alpha value is -2.91. The molecule has 110 valence electrons. The van der Waals surface area contributed by atoms with E-state index < -0.39 is 28.1 Å². The molecule has 0 bridgehead atoms. The maximum Gasteiger partial charge on any atom is 0.342 e. The van der Waals surface area contributed by atoms with Gasteiger partial charge in [-0.1, -0.05) is 29.8 Å². The van der Waals surface area contributed by atoms with Crippen LogP contribution in [-0.2, 0) is 0 Å². The van der Waals surface area contributed by atoms with Crippen LogP contribution in [0.1, 0.15) is 27.4 Å². The van der Waals surface area contributed by atoms with Crippen molar-refractivity contribution in [2.45, 2.75) is 5.92 Å². The minimum atomic E-state index is -1.42. The van der Waals surface area contributed by atoms with Crippen LogP contribution in [0.2, 0.25) is 5.02 Å². The van der Waals surface area contributed by atoms with Gasteiger partial charge >= 0.3 is 5.97 Å². The first-order valence-corrected chi connectivity index (χ1v) is 6.48. The predicted octanol–water partition coefficient (Wildman–Crippen LogP) is 3.60. The normalized spacial score (nSPS) is 11.5. The van der Waals surface area contributed by atoms with Crippen LogP contribution in [0.3, 0.4) is 0 Å². The van der Waals surface area contributed by atoms with E-state index in [1.54, 1.807) is 24.3 Å². The van der Waals surface area contributed by atoms with Crippen LogP contribution in [0.25, 0.3) is 0 Å². The summed E-state index contributed by atoms with van der Waals surface area (Å²) in [7, 11) is 0. The van der Waals surface area contributed by atoms with Crippen LogP contribution >= 0.6 is 11.6 Å². The predicted molar refractivity (Wildman–Crippen MR) is 79.0 cm³/mol. The number of carboxylic acids is 1. The monoisotopic (exact) mass is 316 g/mol. The molecule has 1 N–H and O–H groups in total. The molecule has 1 atom stereocenters. The third-order valence-electron chi connectivity index (χ3n) is 3.11. The van der Waals surface area contributed by atoms with Gasteiger partial charge in [0, 0.05) is 11.1 Å². The lowest BCUT2D eigenvalue weighted by Crippen LogP contribution is -2.06. The molecule has 6 nitrogen and oxygen atoms in total. The number of nitro groups is 1. The van der Waals surface area contributed by atoms with Gasteiger partial charge in [0.05, 0.1) is 16.9 Å². The Bertz CT molecular complexity index is 781. The molecule has 0 aliphatic heterocycles. The van der Waals surface area contributed by atoms with E-state index in [1.165, 1.54) is 6.07 Å². The van der Waals surface area contributed by atoms with Gasteiger partial charge in [0.1, 0.15) is 5.56 Å². The number of carboxylic acid groups (broad SMARTS) is 1. The van der Waals surface area contributed by atoms with Crippen molar-refractivity contribution in [2.75, 3.05) is 0 Å². The van der Waals surface area contributed by atoms with Gasteiger partial charge in [-0.25, -0.2) is 4.79 Å². The first-order valence-electron chi connectivity index (χ1n) is 6.10. The molecule has 0 radical (unpaired) electrons. The number of nitro benzene ring substituents is 1. The molecule has 0 aliphatic carbocycles. The van der Waals surface area contributed by atoms with Gasteiger partial charge in [0.25, 0.3) is 5.69 Å². The molecule has 2 aromatic rings. The van der Waals surface area contributed by atoms with Gasteiger partial charge in [0.2, 0.25) is 0 Å². The SMILES string of the molecule is N#CC(c1ccc(Cl)cc1)c1ccc([N+](=O)[O-])c(C(=O)O)c1. The minimum absolute atomic E-state index is 0.368. The van der Waals surface area contributed by atoms with Gasteiger partial charge in [-0.3, -0.25) is 10.1 Å². The molecule has 0 spiro atoms. The van der Waals surface area contributed by atoms with Crippen molar-refractivity contribution in [3.8, 4) is 6.07 Å². The highest BCUT2D eigenvalue weighted by atomic mass is 35.5. The number of halogens is 1. The second-order valence-corrected chi connectivity index (χ2v) is 4.89. The Balaban J connectivity index is 2.53. The van der Waals surface area contributed by atoms with Crippen LogP contribution in [0.4, 0.5) is 5.69 Å². The van der Waals surface area contributed by atoms with Crippen LogP contribution in [0.5, 0.6) is 0 Å². The average Bonchev–Trinajstić information content (AvgIpc) is 2.49. The van der Waals surface area contributed by atoms with Crippen molar-refractivity contribution in [1.29, 1.82) is 5.26 Å². The van der Waals surface area contributed by atoms with E-state index in [9.17, 15) is 20.2 Å². The van der Waals surface area contributed by atoms with Gasteiger partial charge in [-0.2, -0.15) is 5.26 Å². The molecule has 0 fully saturated rings. The number of hydrogen-bond acceptors (Lipinski definition) is 4. The van der Waals surface area contributed by atoms with E-state index in [1.807, 2.05) is 0 Å². The van der Waals surface area contributed by atoms with Gasteiger partial charge in [-0.15, -0.1) is 0 Å². The molecule has 0 amide bonds. The standard InChI is InChI=1S/C15H9ClN2O4/c16-11-4-1-9(2-5-11)13(8-17)10-3-6-14(18(21)22)12(7-10)15(19)20/h1-7,13H,(H,19,20). The molecule has 0 saturated heterocycles. The number of benzene rings is 2. The zero-order chi connectivity index (χ0) is 16.3. The summed E-state index contributed by atoms with van der Waals surface area (Å²) in [4.78, 5) is 21.2. The number of hydrogen-bond donors (Lipinski definition) is 1. The Morgan fingerprint density at radius 1 is 1.23 bits per heavy atom. The fourth-order valence-corrected chi connectivity index (χ4v) is 2.19. The Labute approximate surface area is 130 Å². The highest BCUT2D eigenvalue weighted by Gasteiger charge is 2.23. The number of nitrogens with zero attached hydrogens (tertiary/aromatic N) is 2. The Morgan fingerprint density at radius 3 is 2.32 bits per heavy atom. The third-order valence-corrected chi connectivity index (χ3v) is 3.37. The average molecular weight is 317 g/mol. The van der Waals surface area contributed by atoms with Gasteiger partial charge < -0.3 is 5.11 Å². The minimum Gasteiger partial charge on any atom is -0.477 e. The summed E-state index contributed by atoms with van der Waals surface area (Å²) in [5.41, 5.74) is 0.0330. The molecule has 0 saturated carbocycles. The third kappa shape index (κ3) is 3.05. The maximum absolute atomic E-state index is 11.2. The number of carbonyl (C=O) groups is 1. The van der Waals surface area contributed by atoms with Crippen molar-refractivity contribution in [2.24, 2.45) is 0 Å². The van der Waals surface area contributed by atoms with E-state index in [2.05, 4.69) is 6.07 Å². The molecule has 0 aliphatic rings. The number of nitriles is 1. The van der Waals surface area contributed by atoms with E-state index in [0.717, 1.165) is 12.1 Å². The van der Waals surface area contributed by atoms with E-state index in [0.29, 0.717) is 16.1 Å². The molecule has 7 heteroatoms. The lowest BCUT2D eigenvalue weighted by atomic mass is 9.91. The van der Waals surface area contributed by atoms with E-state index >= 15 is 0 Å². The fourth-order valence-electron chi connectivity index (χ4n) is 2.06. The lowest BCUT2D eigenvalue weighted by molar-refractivity contribution is -0.385. The van der Waals surface area contributed by atoms with Crippen LogP contribution < -0.4 is 0 Å². The van der Waals surface area contributed by atoms with Crippen molar-refractivity contribution in [3.05, 3.63) is 74.3 Å². The van der Waals surface area contributed by atoms with E-state index in [4.69, 9.17) is 16.7 Å². The van der Waals surface area contributed by atoms with Crippen molar-refractivity contribution >= 4 is 23.3 Å². The maximum atomic E-state index is 11.2. The fraction of sp³-hybridized carbons (Fsp3) is 0.0667. The summed E-state index contributed by atoms with van der Waals surface area (Å²) in [6, 6.07) is 12.2. The summed E-state index contributed by atoms with van der Waals surface area (Å²) in [5, 5.41) is 29.8. The van der Waals surface area contributed by atoms with E-state index in [-0.39, 0.29) is 0 Å². The lowest BCUT2D eigenvalue weighted by Gasteiger charge is -2.11. The molecular weight excluding hydrogens is 308 g/mol. The summed E-state index contributed by atoms with van der Waals surface area (Å²) in [6.45, 7) is 0. The zero-order valence-corrected chi connectivity index (χ0v) is 11.8. The van der Waals surface area contributed by atoms with Crippen LogP contribution in [-0.4, -0.2) is 16.0 Å². The first kappa shape index (κ1) is 15.5. The Morgan fingerprint density at radius 2 is 1.82 bits per heavy atom. The topological polar surface area (TPSA) is 104 Å². The van der Waals surface area contributed by atoms with Crippen LogP contribution in [0, 0.1) is 21.4 Å². The molecular formula is C15H9ClN2O4. The summed E-state index contributed by atoms with van der Waals surface area (Å²) >= 11 is 5.79. The van der Waals surface area contributed by atoms with Crippen molar-refractivity contribution in [3.63, 3.8) is 0 Å². The van der Waals surface area contributed by atoms with Crippen molar-refractivity contribution in [1.82, 2.24) is 0 Å². The number of aromatic carboxylic acids is 1. The summed E-state index contributed by atoms with van der Waals surface area (Å²) in [6.07, 6.45) is 0. The quantitative estimate of drug-likeness (QED) is 0.685. The first-order chi connectivity index (χ1) is 10.4. The van der Waals surface area contributed by atoms with Crippen molar-refractivity contribution < 1.29 is 14.8 Å². The molecule has 1 unspecified atom stereocenters. The molecule has 22 heavy (non-hydrogen) atoms. The highest BCUT2D eigenvalue weighted by Crippen LogP contribution is 2.29. The molecule has 0 aromatic heterocycles. The highest BCUT2D eigenvalue weighted by molar-refractivity contribution is 6.30. The van der Waals surface area contributed by atoms with Gasteiger partial charge in [-0.05, 0) is 29.3 Å². The molecule has 0 heterocycles. The second-order valence-electron chi connectivity index (χ2n) is 4.45. The summed E-state index contributed by atoms with van der Waals surface area (Å²) < 4.78 is 0. The molecule has 2 aromatic carbocycles. The van der Waals surface area contributed by atoms with Gasteiger partial charge in [0.15, 0.2) is 0 Å².